The second-order valence-corrected chi connectivity index (χ2v) is 6.96. The minimum absolute atomic E-state index is 0.0195. The van der Waals surface area contributed by atoms with Crippen LogP contribution in [-0.2, 0) is 11.2 Å². The summed E-state index contributed by atoms with van der Waals surface area (Å²) in [5.41, 5.74) is 4.05. The molecule has 0 radical (unpaired) electrons. The highest BCUT2D eigenvalue weighted by atomic mass is 16.1. The molecule has 3 rings (SSSR count). The molecule has 1 aliphatic heterocycles. The van der Waals surface area contributed by atoms with Crippen LogP contribution in [0.3, 0.4) is 0 Å². The number of nitrogens with one attached hydrogen (secondary N) is 1. The van der Waals surface area contributed by atoms with Crippen LogP contribution >= 0.6 is 0 Å². The van der Waals surface area contributed by atoms with Gasteiger partial charge in [0, 0.05) is 6.54 Å². The quantitative estimate of drug-likeness (QED) is 0.872. The number of nitriles is 1. The van der Waals surface area contributed by atoms with E-state index in [-0.39, 0.29) is 11.9 Å². The number of carbonyl (C=O) groups excluding carboxylic acids is 1. The highest BCUT2D eigenvalue weighted by molar-refractivity contribution is 5.78. The largest absolute Gasteiger partial charge is 0.354 e. The molecule has 2 aromatic rings. The topological polar surface area (TPSA) is 56.1 Å². The van der Waals surface area contributed by atoms with Crippen molar-refractivity contribution < 1.29 is 4.79 Å². The molecule has 1 unspecified atom stereocenters. The summed E-state index contributed by atoms with van der Waals surface area (Å²) in [5.74, 6) is 0.0195. The number of rotatable bonds is 6. The first-order valence-corrected chi connectivity index (χ1v) is 9.22. The van der Waals surface area contributed by atoms with Crippen LogP contribution in [0.15, 0.2) is 48.5 Å². The molecule has 0 aliphatic carbocycles. The average Bonchev–Trinajstić information content (AvgIpc) is 3.18. The van der Waals surface area contributed by atoms with Gasteiger partial charge in [-0.3, -0.25) is 9.69 Å². The molecule has 1 heterocycles. The third-order valence-corrected chi connectivity index (χ3v) is 4.98. The molecule has 26 heavy (non-hydrogen) atoms. The first-order valence-electron chi connectivity index (χ1n) is 9.22. The normalized spacial score (nSPS) is 15.4. The third kappa shape index (κ3) is 4.71. The molecule has 2 aromatic carbocycles. The van der Waals surface area contributed by atoms with Crippen molar-refractivity contribution in [2.24, 2.45) is 0 Å². The summed E-state index contributed by atoms with van der Waals surface area (Å²) in [6.45, 7) is 4.89. The molecule has 1 N–H and O–H groups in total. The summed E-state index contributed by atoms with van der Waals surface area (Å²) in [5, 5.41) is 12.0. The number of benzene rings is 2. The van der Waals surface area contributed by atoms with E-state index in [4.69, 9.17) is 5.26 Å². The van der Waals surface area contributed by atoms with Crippen molar-refractivity contribution in [2.45, 2.75) is 32.2 Å². The van der Waals surface area contributed by atoms with Crippen LogP contribution in [-0.4, -0.2) is 30.4 Å². The molecule has 1 amide bonds. The van der Waals surface area contributed by atoms with E-state index in [2.05, 4.69) is 47.5 Å². The van der Waals surface area contributed by atoms with E-state index in [0.717, 1.165) is 18.7 Å². The van der Waals surface area contributed by atoms with E-state index < -0.39 is 0 Å². The van der Waals surface area contributed by atoms with Crippen molar-refractivity contribution in [1.29, 1.82) is 5.26 Å². The SMILES string of the molecule is Cc1ccc(C(CNC(=O)Cc2ccc(C#N)cc2)N2CCCC2)cc1. The average molecular weight is 347 g/mol. The number of hydrogen-bond acceptors (Lipinski definition) is 3. The third-order valence-electron chi connectivity index (χ3n) is 4.98. The highest BCUT2D eigenvalue weighted by Crippen LogP contribution is 2.25. The van der Waals surface area contributed by atoms with Gasteiger partial charge >= 0.3 is 0 Å². The molecule has 1 fully saturated rings. The van der Waals surface area contributed by atoms with Gasteiger partial charge in [-0.1, -0.05) is 42.0 Å². The Bertz CT molecular complexity index is 769. The van der Waals surface area contributed by atoms with Crippen molar-refractivity contribution in [1.82, 2.24) is 10.2 Å². The van der Waals surface area contributed by atoms with Crippen molar-refractivity contribution in [3.8, 4) is 6.07 Å². The molecule has 1 atom stereocenters. The van der Waals surface area contributed by atoms with Crippen LogP contribution in [0.1, 0.15) is 41.1 Å². The van der Waals surface area contributed by atoms with E-state index in [1.165, 1.54) is 24.0 Å². The van der Waals surface area contributed by atoms with E-state index in [1.807, 2.05) is 12.1 Å². The van der Waals surface area contributed by atoms with Gasteiger partial charge in [0.2, 0.25) is 5.91 Å². The zero-order valence-electron chi connectivity index (χ0n) is 15.2. The molecule has 1 aliphatic rings. The fourth-order valence-electron chi connectivity index (χ4n) is 3.46. The lowest BCUT2D eigenvalue weighted by Gasteiger charge is -2.28. The molecule has 0 bridgehead atoms. The van der Waals surface area contributed by atoms with Crippen molar-refractivity contribution >= 4 is 5.91 Å². The number of carbonyl (C=O) groups is 1. The predicted octanol–water partition coefficient (Wildman–Crippen LogP) is 3.36. The highest BCUT2D eigenvalue weighted by Gasteiger charge is 2.23. The van der Waals surface area contributed by atoms with E-state index in [9.17, 15) is 4.79 Å². The first kappa shape index (κ1) is 18.2. The van der Waals surface area contributed by atoms with Gasteiger partial charge in [0.05, 0.1) is 24.1 Å². The molecule has 0 saturated carbocycles. The van der Waals surface area contributed by atoms with Gasteiger partial charge in [-0.2, -0.15) is 5.26 Å². The van der Waals surface area contributed by atoms with Gasteiger partial charge in [-0.25, -0.2) is 0 Å². The first-order chi connectivity index (χ1) is 12.7. The monoisotopic (exact) mass is 347 g/mol. The Morgan fingerprint density at radius 3 is 2.38 bits per heavy atom. The summed E-state index contributed by atoms with van der Waals surface area (Å²) in [6, 6.07) is 18.1. The predicted molar refractivity (Wildman–Crippen MR) is 103 cm³/mol. The van der Waals surface area contributed by atoms with Crippen LogP contribution in [0.4, 0.5) is 0 Å². The summed E-state index contributed by atoms with van der Waals surface area (Å²) in [4.78, 5) is 14.8. The molecular weight excluding hydrogens is 322 g/mol. The Morgan fingerprint density at radius 1 is 1.12 bits per heavy atom. The van der Waals surface area contributed by atoms with Gasteiger partial charge in [0.25, 0.3) is 0 Å². The number of nitrogens with zero attached hydrogens (tertiary/aromatic N) is 2. The van der Waals surface area contributed by atoms with Crippen LogP contribution in [0.5, 0.6) is 0 Å². The van der Waals surface area contributed by atoms with Crippen molar-refractivity contribution in [2.75, 3.05) is 19.6 Å². The lowest BCUT2D eigenvalue weighted by atomic mass is 10.0. The van der Waals surface area contributed by atoms with E-state index in [0.29, 0.717) is 18.5 Å². The number of aryl methyl sites for hydroxylation is 1. The molecular formula is C22H25N3O. The van der Waals surface area contributed by atoms with E-state index in [1.54, 1.807) is 12.1 Å². The van der Waals surface area contributed by atoms with Crippen molar-refractivity contribution in [3.05, 3.63) is 70.8 Å². The molecule has 4 nitrogen and oxygen atoms in total. The summed E-state index contributed by atoms with van der Waals surface area (Å²) in [6.07, 6.45) is 2.79. The molecule has 0 aromatic heterocycles. The Balaban J connectivity index is 1.62. The zero-order valence-corrected chi connectivity index (χ0v) is 15.2. The minimum atomic E-state index is 0.0195. The Kier molecular flexibility index (Phi) is 6.04. The fourth-order valence-corrected chi connectivity index (χ4v) is 3.46. The summed E-state index contributed by atoms with van der Waals surface area (Å²) >= 11 is 0. The molecule has 134 valence electrons. The lowest BCUT2D eigenvalue weighted by molar-refractivity contribution is -0.120. The molecule has 1 saturated heterocycles. The Labute approximate surface area is 155 Å². The standard InChI is InChI=1S/C22H25N3O/c1-17-4-10-20(11-5-17)21(25-12-2-3-13-25)16-24-22(26)14-18-6-8-19(15-23)9-7-18/h4-11,21H,2-3,12-14,16H2,1H3,(H,24,26). The minimum Gasteiger partial charge on any atom is -0.354 e. The van der Waals surface area contributed by atoms with Gasteiger partial charge in [-0.05, 0) is 56.1 Å². The maximum atomic E-state index is 12.4. The summed E-state index contributed by atoms with van der Waals surface area (Å²) in [7, 11) is 0. The zero-order chi connectivity index (χ0) is 18.4. The van der Waals surface area contributed by atoms with Gasteiger partial charge in [0.1, 0.15) is 0 Å². The van der Waals surface area contributed by atoms with Gasteiger partial charge in [-0.15, -0.1) is 0 Å². The van der Waals surface area contributed by atoms with Gasteiger partial charge < -0.3 is 5.32 Å². The number of hydrogen-bond donors (Lipinski definition) is 1. The van der Waals surface area contributed by atoms with E-state index >= 15 is 0 Å². The Morgan fingerprint density at radius 2 is 1.77 bits per heavy atom. The Hall–Kier alpha value is -2.64. The molecule has 4 heteroatoms. The van der Waals surface area contributed by atoms with Crippen LogP contribution in [0.25, 0.3) is 0 Å². The smallest absolute Gasteiger partial charge is 0.224 e. The fraction of sp³-hybridized carbons (Fsp3) is 0.364. The van der Waals surface area contributed by atoms with Crippen LogP contribution in [0, 0.1) is 18.3 Å². The van der Waals surface area contributed by atoms with Gasteiger partial charge in [0.15, 0.2) is 0 Å². The second kappa shape index (κ2) is 8.64. The van der Waals surface area contributed by atoms with Crippen LogP contribution in [0.2, 0.25) is 0 Å². The number of amides is 1. The second-order valence-electron chi connectivity index (χ2n) is 6.96. The molecule has 0 spiro atoms. The number of likely N-dealkylation sites (tertiary alicyclic amines) is 1. The van der Waals surface area contributed by atoms with Crippen LogP contribution < -0.4 is 5.32 Å². The maximum absolute atomic E-state index is 12.4. The lowest BCUT2D eigenvalue weighted by Crippen LogP contribution is -2.37. The summed E-state index contributed by atoms with van der Waals surface area (Å²) < 4.78 is 0. The maximum Gasteiger partial charge on any atom is 0.224 e. The van der Waals surface area contributed by atoms with Crippen molar-refractivity contribution in [3.63, 3.8) is 0 Å².